The molecule has 1 aromatic carbocycles. The van der Waals surface area contributed by atoms with Gasteiger partial charge >= 0.3 is 0 Å². The molecule has 1 aliphatic carbocycles. The van der Waals surface area contributed by atoms with Gasteiger partial charge in [0.1, 0.15) is 0 Å². The molecule has 0 aromatic heterocycles. The second-order valence-corrected chi connectivity index (χ2v) is 7.76. The van der Waals surface area contributed by atoms with Gasteiger partial charge in [-0.3, -0.25) is 4.79 Å². The summed E-state index contributed by atoms with van der Waals surface area (Å²) in [7, 11) is 0. The Hall–Kier alpha value is -1.49. The highest BCUT2D eigenvalue weighted by atomic mass is 19.3. The van der Waals surface area contributed by atoms with Crippen LogP contribution in [0.4, 0.5) is 8.78 Å². The molecule has 1 fully saturated rings. The van der Waals surface area contributed by atoms with Crippen molar-refractivity contribution in [3.05, 3.63) is 35.4 Å². The summed E-state index contributed by atoms with van der Waals surface area (Å²) < 4.78 is 26.2. The van der Waals surface area contributed by atoms with Gasteiger partial charge < -0.3 is 10.4 Å². The van der Waals surface area contributed by atoms with E-state index < -0.39 is 12.0 Å². The first-order valence-electron chi connectivity index (χ1n) is 8.52. The minimum atomic E-state index is -2.63. The first-order chi connectivity index (χ1) is 11.1. The van der Waals surface area contributed by atoms with Crippen LogP contribution < -0.4 is 5.32 Å². The van der Waals surface area contributed by atoms with E-state index in [1.54, 1.807) is 0 Å². The van der Waals surface area contributed by atoms with E-state index in [0.29, 0.717) is 0 Å². The molecule has 0 spiro atoms. The fraction of sp³-hybridized carbons (Fsp3) is 0.632. The molecule has 1 aromatic rings. The van der Waals surface area contributed by atoms with Crippen molar-refractivity contribution in [2.75, 3.05) is 6.54 Å². The number of rotatable bonds is 4. The van der Waals surface area contributed by atoms with Crippen molar-refractivity contribution < 1.29 is 18.7 Å². The number of carbonyl (C=O) groups is 1. The average Bonchev–Trinajstić information content (AvgIpc) is 2.51. The molecule has 0 bridgehead atoms. The van der Waals surface area contributed by atoms with Gasteiger partial charge in [-0.05, 0) is 29.4 Å². The normalized spacial score (nSPS) is 19.8. The van der Waals surface area contributed by atoms with Crippen LogP contribution in [0.25, 0.3) is 0 Å². The summed E-state index contributed by atoms with van der Waals surface area (Å²) in [5.74, 6) is -3.25. The lowest BCUT2D eigenvalue weighted by Crippen LogP contribution is -2.37. The molecular formula is C19H27F2NO2. The standard InChI is InChI=1S/C19H27F2NO2/c1-18(2,3)15-6-4-13(5-7-15)16(23)12-22-17(24)14-8-10-19(20,21)11-9-14/h4-7,14,16,23H,8-12H2,1-3H3,(H,22,24). The summed E-state index contributed by atoms with van der Waals surface area (Å²) >= 11 is 0. The van der Waals surface area contributed by atoms with Crippen LogP contribution in [-0.2, 0) is 10.2 Å². The van der Waals surface area contributed by atoms with E-state index in [0.717, 1.165) is 5.56 Å². The first kappa shape index (κ1) is 18.8. The summed E-state index contributed by atoms with van der Waals surface area (Å²) in [5, 5.41) is 12.9. The molecule has 24 heavy (non-hydrogen) atoms. The largest absolute Gasteiger partial charge is 0.387 e. The van der Waals surface area contributed by atoms with Crippen LogP contribution in [0.1, 0.15) is 63.7 Å². The third kappa shape index (κ3) is 5.00. The van der Waals surface area contributed by atoms with Crippen LogP contribution in [-0.4, -0.2) is 23.5 Å². The molecule has 1 saturated carbocycles. The smallest absolute Gasteiger partial charge is 0.248 e. The number of aliphatic hydroxyl groups is 1. The molecule has 3 nitrogen and oxygen atoms in total. The summed E-state index contributed by atoms with van der Waals surface area (Å²) in [6.45, 7) is 6.45. The van der Waals surface area contributed by atoms with Crippen molar-refractivity contribution in [1.82, 2.24) is 5.32 Å². The third-order valence-corrected chi connectivity index (χ3v) is 4.72. The predicted octanol–water partition coefficient (Wildman–Crippen LogP) is 3.96. The number of amides is 1. The lowest BCUT2D eigenvalue weighted by Gasteiger charge is -2.27. The van der Waals surface area contributed by atoms with E-state index in [9.17, 15) is 18.7 Å². The number of benzene rings is 1. The zero-order valence-electron chi connectivity index (χ0n) is 14.6. The maximum Gasteiger partial charge on any atom is 0.248 e. The summed E-state index contributed by atoms with van der Waals surface area (Å²) in [5.41, 5.74) is 1.95. The molecule has 0 saturated heterocycles. The fourth-order valence-corrected chi connectivity index (χ4v) is 2.97. The minimum absolute atomic E-state index is 0.0424. The number of carbonyl (C=O) groups excluding carboxylic acids is 1. The zero-order valence-corrected chi connectivity index (χ0v) is 14.6. The Morgan fingerprint density at radius 1 is 1.25 bits per heavy atom. The first-order valence-corrected chi connectivity index (χ1v) is 8.52. The Morgan fingerprint density at radius 2 is 1.79 bits per heavy atom. The fourth-order valence-electron chi connectivity index (χ4n) is 2.97. The number of halogens is 2. The molecule has 134 valence electrons. The number of hydrogen-bond donors (Lipinski definition) is 2. The minimum Gasteiger partial charge on any atom is -0.387 e. The van der Waals surface area contributed by atoms with Gasteiger partial charge in [-0.25, -0.2) is 8.78 Å². The van der Waals surface area contributed by atoms with Crippen molar-refractivity contribution in [3.8, 4) is 0 Å². The molecule has 2 rings (SSSR count). The molecule has 1 amide bonds. The quantitative estimate of drug-likeness (QED) is 0.872. The molecule has 0 aliphatic heterocycles. The Morgan fingerprint density at radius 3 is 2.29 bits per heavy atom. The zero-order chi connectivity index (χ0) is 18.0. The second-order valence-electron chi connectivity index (χ2n) is 7.76. The van der Waals surface area contributed by atoms with Crippen LogP contribution in [0.3, 0.4) is 0 Å². The van der Waals surface area contributed by atoms with E-state index >= 15 is 0 Å². The Bertz CT molecular complexity index is 554. The lowest BCUT2D eigenvalue weighted by atomic mass is 9.86. The highest BCUT2D eigenvalue weighted by molar-refractivity contribution is 5.78. The van der Waals surface area contributed by atoms with E-state index in [2.05, 4.69) is 26.1 Å². The molecule has 2 N–H and O–H groups in total. The average molecular weight is 339 g/mol. The molecule has 0 heterocycles. The molecule has 1 unspecified atom stereocenters. The van der Waals surface area contributed by atoms with Gasteiger partial charge in [0.25, 0.3) is 0 Å². The summed E-state index contributed by atoms with van der Waals surface area (Å²) in [6, 6.07) is 7.67. The maximum atomic E-state index is 13.1. The van der Waals surface area contributed by atoms with Gasteiger partial charge in [0, 0.05) is 25.3 Å². The van der Waals surface area contributed by atoms with Crippen LogP contribution in [0, 0.1) is 5.92 Å². The van der Waals surface area contributed by atoms with Crippen molar-refractivity contribution >= 4 is 5.91 Å². The third-order valence-electron chi connectivity index (χ3n) is 4.72. The Kier molecular flexibility index (Phi) is 5.63. The van der Waals surface area contributed by atoms with Crippen LogP contribution in [0.5, 0.6) is 0 Å². The highest BCUT2D eigenvalue weighted by Crippen LogP contribution is 2.36. The van der Waals surface area contributed by atoms with Crippen molar-refractivity contribution in [3.63, 3.8) is 0 Å². The monoisotopic (exact) mass is 339 g/mol. The number of aliphatic hydroxyl groups excluding tert-OH is 1. The molecule has 1 atom stereocenters. The van der Waals surface area contributed by atoms with Crippen LogP contribution >= 0.6 is 0 Å². The van der Waals surface area contributed by atoms with Crippen molar-refractivity contribution in [2.45, 2.75) is 63.9 Å². The van der Waals surface area contributed by atoms with E-state index in [4.69, 9.17) is 0 Å². The van der Waals surface area contributed by atoms with Gasteiger partial charge in [0.2, 0.25) is 11.8 Å². The molecule has 5 heteroatoms. The Balaban J connectivity index is 1.84. The predicted molar refractivity (Wildman–Crippen MR) is 90.0 cm³/mol. The maximum absolute atomic E-state index is 13.1. The number of hydrogen-bond acceptors (Lipinski definition) is 2. The van der Waals surface area contributed by atoms with Gasteiger partial charge in [-0.15, -0.1) is 0 Å². The van der Waals surface area contributed by atoms with E-state index in [1.807, 2.05) is 24.3 Å². The van der Waals surface area contributed by atoms with E-state index in [1.165, 1.54) is 5.56 Å². The van der Waals surface area contributed by atoms with Gasteiger partial charge in [-0.2, -0.15) is 0 Å². The van der Waals surface area contributed by atoms with Gasteiger partial charge in [0.05, 0.1) is 6.10 Å². The van der Waals surface area contributed by atoms with Crippen LogP contribution in [0.15, 0.2) is 24.3 Å². The molecule has 0 radical (unpaired) electrons. The van der Waals surface area contributed by atoms with Gasteiger partial charge in [0.15, 0.2) is 0 Å². The lowest BCUT2D eigenvalue weighted by molar-refractivity contribution is -0.129. The number of nitrogens with one attached hydrogen (secondary N) is 1. The summed E-state index contributed by atoms with van der Waals surface area (Å²) in [4.78, 5) is 12.1. The second kappa shape index (κ2) is 7.18. The van der Waals surface area contributed by atoms with Crippen molar-refractivity contribution in [1.29, 1.82) is 0 Å². The van der Waals surface area contributed by atoms with Gasteiger partial charge in [-0.1, -0.05) is 45.0 Å². The topological polar surface area (TPSA) is 49.3 Å². The number of alkyl halides is 2. The highest BCUT2D eigenvalue weighted by Gasteiger charge is 2.37. The molecular weight excluding hydrogens is 312 g/mol. The molecule has 1 aliphatic rings. The Labute approximate surface area is 142 Å². The van der Waals surface area contributed by atoms with E-state index in [-0.39, 0.29) is 49.5 Å². The summed E-state index contributed by atoms with van der Waals surface area (Å²) in [6.07, 6.45) is -0.859. The van der Waals surface area contributed by atoms with Crippen molar-refractivity contribution in [2.24, 2.45) is 5.92 Å². The van der Waals surface area contributed by atoms with Crippen LogP contribution in [0.2, 0.25) is 0 Å². The SMILES string of the molecule is CC(C)(C)c1ccc(C(O)CNC(=O)C2CCC(F)(F)CC2)cc1.